The van der Waals surface area contributed by atoms with Crippen LogP contribution in [0.4, 0.5) is 15.8 Å². The standard InChI is InChI=1S/C14H12FN3O5S/c15-10-5-7-11(8-6-10)17(9-14(16)19)24(22,23)13-4-2-1-3-12(13)18(20)21/h1-8H,9H2,(H2,16,19). The summed E-state index contributed by atoms with van der Waals surface area (Å²) in [6.07, 6.45) is 0. The molecule has 0 aliphatic heterocycles. The smallest absolute Gasteiger partial charge is 0.289 e. The van der Waals surface area contributed by atoms with Crippen LogP contribution < -0.4 is 10.0 Å². The number of hydrogen-bond donors (Lipinski definition) is 1. The molecular weight excluding hydrogens is 341 g/mol. The van der Waals surface area contributed by atoms with Crippen molar-refractivity contribution in [2.75, 3.05) is 10.8 Å². The van der Waals surface area contributed by atoms with E-state index in [-0.39, 0.29) is 5.69 Å². The van der Waals surface area contributed by atoms with E-state index in [0.29, 0.717) is 4.31 Å². The highest BCUT2D eigenvalue weighted by Crippen LogP contribution is 2.29. The van der Waals surface area contributed by atoms with Crippen LogP contribution in [0.15, 0.2) is 53.4 Å². The third-order valence-corrected chi connectivity index (χ3v) is 4.87. The van der Waals surface area contributed by atoms with Crippen LogP contribution in [0.25, 0.3) is 0 Å². The zero-order valence-corrected chi connectivity index (χ0v) is 12.9. The van der Waals surface area contributed by atoms with Gasteiger partial charge >= 0.3 is 0 Å². The predicted molar refractivity (Wildman–Crippen MR) is 83.2 cm³/mol. The second-order valence-corrected chi connectivity index (χ2v) is 6.51. The lowest BCUT2D eigenvalue weighted by atomic mass is 10.3. The zero-order valence-electron chi connectivity index (χ0n) is 12.1. The van der Waals surface area contributed by atoms with Gasteiger partial charge in [-0.25, -0.2) is 12.8 Å². The number of para-hydroxylation sites is 1. The van der Waals surface area contributed by atoms with Crippen LogP contribution in [0.1, 0.15) is 0 Å². The minimum Gasteiger partial charge on any atom is -0.368 e. The van der Waals surface area contributed by atoms with Crippen LogP contribution in [-0.2, 0) is 14.8 Å². The van der Waals surface area contributed by atoms with Gasteiger partial charge in [0.25, 0.3) is 15.7 Å². The molecule has 2 N–H and O–H groups in total. The Kier molecular flexibility index (Phi) is 4.79. The first kappa shape index (κ1) is 17.3. The zero-order chi connectivity index (χ0) is 17.9. The second kappa shape index (κ2) is 6.62. The molecule has 0 atom stereocenters. The van der Waals surface area contributed by atoms with Gasteiger partial charge in [-0.3, -0.25) is 19.2 Å². The van der Waals surface area contributed by atoms with Gasteiger partial charge in [0.1, 0.15) is 12.4 Å². The number of primary amides is 1. The molecule has 0 unspecified atom stereocenters. The summed E-state index contributed by atoms with van der Waals surface area (Å²) in [5.41, 5.74) is 4.39. The molecule has 0 spiro atoms. The average Bonchev–Trinajstić information content (AvgIpc) is 2.53. The van der Waals surface area contributed by atoms with E-state index >= 15 is 0 Å². The molecule has 2 aromatic carbocycles. The molecule has 126 valence electrons. The molecule has 0 heterocycles. The first-order valence-electron chi connectivity index (χ1n) is 6.53. The van der Waals surface area contributed by atoms with E-state index in [4.69, 9.17) is 5.73 Å². The number of carbonyl (C=O) groups is 1. The van der Waals surface area contributed by atoms with E-state index in [1.54, 1.807) is 0 Å². The quantitative estimate of drug-likeness (QED) is 0.621. The number of nitro benzene ring substituents is 1. The van der Waals surface area contributed by atoms with Crippen molar-refractivity contribution < 1.29 is 22.5 Å². The Bertz CT molecular complexity index is 884. The molecule has 0 fully saturated rings. The Morgan fingerprint density at radius 1 is 1.17 bits per heavy atom. The van der Waals surface area contributed by atoms with Crippen LogP contribution in [0, 0.1) is 15.9 Å². The number of carbonyl (C=O) groups excluding carboxylic acids is 1. The molecule has 0 aliphatic rings. The fraction of sp³-hybridized carbons (Fsp3) is 0.0714. The third-order valence-electron chi connectivity index (χ3n) is 3.04. The van der Waals surface area contributed by atoms with Crippen molar-refractivity contribution in [2.24, 2.45) is 5.73 Å². The Hall–Kier alpha value is -3.01. The van der Waals surface area contributed by atoms with Crippen LogP contribution in [0.2, 0.25) is 0 Å². The van der Waals surface area contributed by atoms with Crippen LogP contribution in [0.5, 0.6) is 0 Å². The number of halogens is 1. The highest BCUT2D eigenvalue weighted by atomic mass is 32.2. The number of hydrogen-bond acceptors (Lipinski definition) is 5. The lowest BCUT2D eigenvalue weighted by Crippen LogP contribution is -2.38. The summed E-state index contributed by atoms with van der Waals surface area (Å²) in [6, 6.07) is 8.96. The van der Waals surface area contributed by atoms with Crippen molar-refractivity contribution in [3.8, 4) is 0 Å². The molecule has 0 saturated heterocycles. The van der Waals surface area contributed by atoms with Crippen molar-refractivity contribution in [3.05, 3.63) is 64.5 Å². The second-order valence-electron chi connectivity index (χ2n) is 4.68. The highest BCUT2D eigenvalue weighted by molar-refractivity contribution is 7.93. The largest absolute Gasteiger partial charge is 0.368 e. The highest BCUT2D eigenvalue weighted by Gasteiger charge is 2.32. The van der Waals surface area contributed by atoms with Crippen LogP contribution in [-0.4, -0.2) is 25.8 Å². The van der Waals surface area contributed by atoms with E-state index in [9.17, 15) is 27.7 Å². The molecule has 0 radical (unpaired) electrons. The summed E-state index contributed by atoms with van der Waals surface area (Å²) in [4.78, 5) is 20.9. The third kappa shape index (κ3) is 3.49. The van der Waals surface area contributed by atoms with Gasteiger partial charge in [0.05, 0.1) is 10.6 Å². The molecule has 2 rings (SSSR count). The first-order chi connectivity index (χ1) is 11.2. The Morgan fingerprint density at radius 3 is 2.29 bits per heavy atom. The van der Waals surface area contributed by atoms with Crippen molar-refractivity contribution >= 4 is 27.3 Å². The molecule has 1 amide bonds. The van der Waals surface area contributed by atoms with E-state index in [1.807, 2.05) is 0 Å². The molecule has 8 nitrogen and oxygen atoms in total. The summed E-state index contributed by atoms with van der Waals surface area (Å²) in [6.45, 7) is -0.750. The lowest BCUT2D eigenvalue weighted by Gasteiger charge is -2.23. The SMILES string of the molecule is NC(=O)CN(c1ccc(F)cc1)S(=O)(=O)c1ccccc1[N+](=O)[O-]. The molecule has 0 bridgehead atoms. The number of rotatable bonds is 6. The normalized spacial score (nSPS) is 11.0. The van der Waals surface area contributed by atoms with Crippen LogP contribution >= 0.6 is 0 Å². The number of anilines is 1. The van der Waals surface area contributed by atoms with Gasteiger partial charge in [0.2, 0.25) is 5.91 Å². The monoisotopic (exact) mass is 353 g/mol. The summed E-state index contributed by atoms with van der Waals surface area (Å²) < 4.78 is 39.2. The molecule has 0 saturated carbocycles. The molecule has 0 aliphatic carbocycles. The average molecular weight is 353 g/mol. The summed E-state index contributed by atoms with van der Waals surface area (Å²) in [5.74, 6) is -1.58. The van der Waals surface area contributed by atoms with Crippen molar-refractivity contribution in [3.63, 3.8) is 0 Å². The minimum absolute atomic E-state index is 0.0478. The van der Waals surface area contributed by atoms with E-state index < -0.39 is 43.8 Å². The van der Waals surface area contributed by atoms with Crippen molar-refractivity contribution in [2.45, 2.75) is 4.90 Å². The lowest BCUT2D eigenvalue weighted by molar-refractivity contribution is -0.387. The van der Waals surface area contributed by atoms with Gasteiger partial charge in [0.15, 0.2) is 4.90 Å². The molecular formula is C14H12FN3O5S. The molecule has 0 aromatic heterocycles. The maximum atomic E-state index is 13.1. The maximum Gasteiger partial charge on any atom is 0.289 e. The first-order valence-corrected chi connectivity index (χ1v) is 7.97. The van der Waals surface area contributed by atoms with Crippen molar-refractivity contribution in [1.29, 1.82) is 0 Å². The number of nitrogens with zero attached hydrogens (tertiary/aromatic N) is 2. The number of sulfonamides is 1. The molecule has 2 aromatic rings. The number of nitrogens with two attached hydrogens (primary N) is 1. The minimum atomic E-state index is -4.47. The summed E-state index contributed by atoms with van der Waals surface area (Å²) >= 11 is 0. The van der Waals surface area contributed by atoms with Crippen LogP contribution in [0.3, 0.4) is 0 Å². The van der Waals surface area contributed by atoms with Gasteiger partial charge < -0.3 is 5.73 Å². The van der Waals surface area contributed by atoms with E-state index in [0.717, 1.165) is 36.4 Å². The molecule has 24 heavy (non-hydrogen) atoms. The van der Waals surface area contributed by atoms with Gasteiger partial charge in [-0.05, 0) is 30.3 Å². The topological polar surface area (TPSA) is 124 Å². The van der Waals surface area contributed by atoms with Gasteiger partial charge in [-0.1, -0.05) is 12.1 Å². The summed E-state index contributed by atoms with van der Waals surface area (Å²) in [5, 5.41) is 11.1. The van der Waals surface area contributed by atoms with E-state index in [2.05, 4.69) is 0 Å². The van der Waals surface area contributed by atoms with Gasteiger partial charge in [0, 0.05) is 6.07 Å². The maximum absolute atomic E-state index is 13.1. The van der Waals surface area contributed by atoms with E-state index in [1.165, 1.54) is 12.1 Å². The van der Waals surface area contributed by atoms with Crippen molar-refractivity contribution in [1.82, 2.24) is 0 Å². The Labute approximate surface area is 136 Å². The number of benzene rings is 2. The Morgan fingerprint density at radius 2 is 1.75 bits per heavy atom. The molecule has 10 heteroatoms. The summed E-state index contributed by atoms with van der Waals surface area (Å²) in [7, 11) is -4.47. The van der Waals surface area contributed by atoms with Gasteiger partial charge in [-0.2, -0.15) is 0 Å². The number of amides is 1. The number of nitro groups is 1. The van der Waals surface area contributed by atoms with Gasteiger partial charge in [-0.15, -0.1) is 0 Å². The fourth-order valence-electron chi connectivity index (χ4n) is 2.01. The fourth-order valence-corrected chi connectivity index (χ4v) is 3.60. The Balaban J connectivity index is 2.62. The predicted octanol–water partition coefficient (Wildman–Crippen LogP) is 1.41.